The molecule has 27 heavy (non-hydrogen) atoms. The fourth-order valence-electron chi connectivity index (χ4n) is 3.19. The summed E-state index contributed by atoms with van der Waals surface area (Å²) in [6.07, 6.45) is 3.51. The number of likely N-dealkylation sites (tertiary alicyclic amines) is 1. The van der Waals surface area contributed by atoms with Crippen molar-refractivity contribution in [2.24, 2.45) is 0 Å². The molecule has 1 aliphatic heterocycles. The lowest BCUT2D eigenvalue weighted by molar-refractivity contribution is -0.131. The number of aromatic nitrogens is 1. The summed E-state index contributed by atoms with van der Waals surface area (Å²) in [7, 11) is 0. The largest absolute Gasteiger partial charge is 0.494 e. The van der Waals surface area contributed by atoms with Gasteiger partial charge in [-0.1, -0.05) is 18.2 Å². The number of amides is 2. The molecule has 0 atom stereocenters. The van der Waals surface area contributed by atoms with E-state index in [0.29, 0.717) is 31.8 Å². The van der Waals surface area contributed by atoms with Crippen molar-refractivity contribution in [1.82, 2.24) is 15.2 Å². The fraction of sp³-hybridized carbons (Fsp3) is 0.381. The van der Waals surface area contributed by atoms with Crippen molar-refractivity contribution < 1.29 is 14.3 Å². The van der Waals surface area contributed by atoms with E-state index < -0.39 is 0 Å². The van der Waals surface area contributed by atoms with Crippen LogP contribution < -0.4 is 10.1 Å². The van der Waals surface area contributed by atoms with Crippen LogP contribution in [0.5, 0.6) is 5.75 Å². The summed E-state index contributed by atoms with van der Waals surface area (Å²) in [5, 5.41) is 3.01. The molecular weight excluding hydrogens is 342 g/mol. The molecule has 1 N–H and O–H groups in total. The van der Waals surface area contributed by atoms with Crippen molar-refractivity contribution in [3.8, 4) is 5.75 Å². The number of pyridine rings is 1. The molecule has 3 rings (SSSR count). The quantitative estimate of drug-likeness (QED) is 0.851. The van der Waals surface area contributed by atoms with Crippen LogP contribution in [0, 0.1) is 0 Å². The van der Waals surface area contributed by atoms with Crippen LogP contribution in [0.1, 0.15) is 35.8 Å². The van der Waals surface area contributed by atoms with E-state index in [0.717, 1.165) is 24.2 Å². The predicted octanol–water partition coefficient (Wildman–Crippen LogP) is 2.44. The minimum Gasteiger partial charge on any atom is -0.494 e. The Labute approximate surface area is 159 Å². The number of hydrogen-bond donors (Lipinski definition) is 1. The number of ether oxygens (including phenoxy) is 1. The third-order valence-corrected chi connectivity index (χ3v) is 4.67. The third kappa shape index (κ3) is 5.29. The van der Waals surface area contributed by atoms with Crippen molar-refractivity contribution >= 4 is 11.8 Å². The first-order valence-electron chi connectivity index (χ1n) is 9.37. The molecular formula is C21H25N3O3. The van der Waals surface area contributed by atoms with Crippen LogP contribution in [0.3, 0.4) is 0 Å². The summed E-state index contributed by atoms with van der Waals surface area (Å²) < 4.78 is 5.42. The van der Waals surface area contributed by atoms with E-state index in [9.17, 15) is 9.59 Å². The van der Waals surface area contributed by atoms with Gasteiger partial charge in [0.25, 0.3) is 5.91 Å². The number of carbonyl (C=O) groups excluding carboxylic acids is 2. The average molecular weight is 367 g/mol. The van der Waals surface area contributed by atoms with Gasteiger partial charge < -0.3 is 15.0 Å². The maximum absolute atomic E-state index is 12.5. The van der Waals surface area contributed by atoms with E-state index in [-0.39, 0.29) is 17.9 Å². The second kappa shape index (κ2) is 9.16. The van der Waals surface area contributed by atoms with Crippen molar-refractivity contribution in [2.45, 2.75) is 32.2 Å². The van der Waals surface area contributed by atoms with Crippen molar-refractivity contribution in [1.29, 1.82) is 0 Å². The zero-order valence-corrected chi connectivity index (χ0v) is 15.6. The molecule has 2 aromatic rings. The number of rotatable bonds is 6. The summed E-state index contributed by atoms with van der Waals surface area (Å²) in [4.78, 5) is 30.6. The molecule has 2 heterocycles. The molecule has 0 aliphatic carbocycles. The van der Waals surface area contributed by atoms with E-state index in [1.54, 1.807) is 24.4 Å². The molecule has 1 aromatic heterocycles. The molecule has 0 radical (unpaired) electrons. The first-order chi connectivity index (χ1) is 13.2. The predicted molar refractivity (Wildman–Crippen MR) is 103 cm³/mol. The van der Waals surface area contributed by atoms with Gasteiger partial charge in [-0.05, 0) is 49.6 Å². The van der Waals surface area contributed by atoms with Gasteiger partial charge in [-0.2, -0.15) is 0 Å². The van der Waals surface area contributed by atoms with E-state index in [2.05, 4.69) is 10.3 Å². The maximum atomic E-state index is 12.5. The summed E-state index contributed by atoms with van der Waals surface area (Å²) >= 11 is 0. The molecule has 6 nitrogen and oxygen atoms in total. The van der Waals surface area contributed by atoms with Gasteiger partial charge in [0, 0.05) is 25.3 Å². The van der Waals surface area contributed by atoms with Gasteiger partial charge in [0.15, 0.2) is 0 Å². The summed E-state index contributed by atoms with van der Waals surface area (Å²) in [5.74, 6) is 0.779. The molecule has 0 unspecified atom stereocenters. The van der Waals surface area contributed by atoms with Crippen molar-refractivity contribution in [3.05, 3.63) is 59.9 Å². The normalized spacial score (nSPS) is 14.6. The van der Waals surface area contributed by atoms with Gasteiger partial charge in [-0.25, -0.2) is 0 Å². The maximum Gasteiger partial charge on any atom is 0.270 e. The molecule has 142 valence electrons. The van der Waals surface area contributed by atoms with Crippen molar-refractivity contribution in [2.75, 3.05) is 19.7 Å². The highest BCUT2D eigenvalue weighted by Gasteiger charge is 2.24. The van der Waals surface area contributed by atoms with Crippen LogP contribution in [0.2, 0.25) is 0 Å². The highest BCUT2D eigenvalue weighted by molar-refractivity contribution is 5.92. The first-order valence-corrected chi connectivity index (χ1v) is 9.37. The van der Waals surface area contributed by atoms with Crippen LogP contribution in [-0.4, -0.2) is 47.4 Å². The average Bonchev–Trinajstić information content (AvgIpc) is 2.71. The number of piperidine rings is 1. The SMILES string of the molecule is CCOc1ccc(CC(=O)N2CCC(NC(=O)c3ccccn3)CC2)cc1. The zero-order chi connectivity index (χ0) is 19.1. The number of nitrogens with zero attached hydrogens (tertiary/aromatic N) is 2. The number of benzene rings is 1. The van der Waals surface area contributed by atoms with Crippen LogP contribution >= 0.6 is 0 Å². The molecule has 1 saturated heterocycles. The fourth-order valence-corrected chi connectivity index (χ4v) is 3.19. The minimum atomic E-state index is -0.158. The van der Waals surface area contributed by atoms with Crippen LogP contribution in [0.25, 0.3) is 0 Å². The third-order valence-electron chi connectivity index (χ3n) is 4.67. The molecule has 0 spiro atoms. The Hall–Kier alpha value is -2.89. The van der Waals surface area contributed by atoms with E-state index in [1.807, 2.05) is 36.1 Å². The molecule has 6 heteroatoms. The Morgan fingerprint density at radius 2 is 1.89 bits per heavy atom. The number of hydrogen-bond acceptors (Lipinski definition) is 4. The highest BCUT2D eigenvalue weighted by Crippen LogP contribution is 2.16. The Kier molecular flexibility index (Phi) is 6.41. The molecule has 1 aliphatic rings. The van der Waals surface area contributed by atoms with Crippen LogP contribution in [0.4, 0.5) is 0 Å². The zero-order valence-electron chi connectivity index (χ0n) is 15.6. The number of carbonyl (C=O) groups is 2. The molecule has 0 bridgehead atoms. The van der Waals surface area contributed by atoms with E-state index in [1.165, 1.54) is 0 Å². The summed E-state index contributed by atoms with van der Waals surface area (Å²) in [6, 6.07) is 13.0. The van der Waals surface area contributed by atoms with Crippen LogP contribution in [0.15, 0.2) is 48.7 Å². The standard InChI is InChI=1S/C21H25N3O3/c1-2-27-18-8-6-16(7-9-18)15-20(25)24-13-10-17(11-14-24)23-21(26)19-5-3-4-12-22-19/h3-9,12,17H,2,10-11,13-15H2,1H3,(H,23,26). The highest BCUT2D eigenvalue weighted by atomic mass is 16.5. The summed E-state index contributed by atoms with van der Waals surface area (Å²) in [6.45, 7) is 3.88. The monoisotopic (exact) mass is 367 g/mol. The molecule has 1 fully saturated rings. The smallest absolute Gasteiger partial charge is 0.270 e. The van der Waals surface area contributed by atoms with Crippen LogP contribution in [-0.2, 0) is 11.2 Å². The molecule has 1 aromatic carbocycles. The number of nitrogens with one attached hydrogen (secondary N) is 1. The van der Waals surface area contributed by atoms with Gasteiger partial charge in [0.05, 0.1) is 13.0 Å². The van der Waals surface area contributed by atoms with Gasteiger partial charge in [-0.3, -0.25) is 14.6 Å². The van der Waals surface area contributed by atoms with E-state index in [4.69, 9.17) is 4.74 Å². The molecule has 2 amide bonds. The second-order valence-corrected chi connectivity index (χ2v) is 6.60. The van der Waals surface area contributed by atoms with E-state index >= 15 is 0 Å². The van der Waals surface area contributed by atoms with Crippen molar-refractivity contribution in [3.63, 3.8) is 0 Å². The van der Waals surface area contributed by atoms with Gasteiger partial charge in [0.2, 0.25) is 5.91 Å². The second-order valence-electron chi connectivity index (χ2n) is 6.60. The Morgan fingerprint density at radius 1 is 1.15 bits per heavy atom. The Balaban J connectivity index is 1.45. The van der Waals surface area contributed by atoms with Gasteiger partial charge >= 0.3 is 0 Å². The summed E-state index contributed by atoms with van der Waals surface area (Å²) in [5.41, 5.74) is 1.40. The topological polar surface area (TPSA) is 71.5 Å². The first kappa shape index (κ1) is 18.9. The lowest BCUT2D eigenvalue weighted by Crippen LogP contribution is -2.47. The lowest BCUT2D eigenvalue weighted by Gasteiger charge is -2.32. The Bertz CT molecular complexity index is 754. The van der Waals surface area contributed by atoms with Gasteiger partial charge in [0.1, 0.15) is 11.4 Å². The van der Waals surface area contributed by atoms with Gasteiger partial charge in [-0.15, -0.1) is 0 Å². The minimum absolute atomic E-state index is 0.0778. The Morgan fingerprint density at radius 3 is 2.52 bits per heavy atom. The lowest BCUT2D eigenvalue weighted by atomic mass is 10.0. The molecule has 0 saturated carbocycles.